The van der Waals surface area contributed by atoms with Gasteiger partial charge in [-0.05, 0) is 18.9 Å². The number of carbonyl (C=O) groups is 1. The predicted octanol–water partition coefficient (Wildman–Crippen LogP) is 1.49. The summed E-state index contributed by atoms with van der Waals surface area (Å²) in [6.07, 6.45) is 5.80. The zero-order valence-corrected chi connectivity index (χ0v) is 15.1. The summed E-state index contributed by atoms with van der Waals surface area (Å²) in [7, 11) is 1.59. The smallest absolute Gasteiger partial charge is 0.274 e. The molecule has 1 atom stereocenters. The van der Waals surface area contributed by atoms with Gasteiger partial charge in [-0.15, -0.1) is 0 Å². The van der Waals surface area contributed by atoms with E-state index >= 15 is 0 Å². The number of nitrogens with zero attached hydrogens (tertiary/aromatic N) is 4. The molecule has 1 N–H and O–H groups in total. The fourth-order valence-electron chi connectivity index (χ4n) is 3.39. The van der Waals surface area contributed by atoms with Crippen LogP contribution in [0.3, 0.4) is 0 Å². The Bertz CT molecular complexity index is 1030. The summed E-state index contributed by atoms with van der Waals surface area (Å²) in [5.41, 5.74) is 1.02. The molecule has 4 rings (SSSR count). The molecule has 1 amide bonds. The lowest BCUT2D eigenvalue weighted by atomic mass is 10.1. The van der Waals surface area contributed by atoms with E-state index in [1.54, 1.807) is 36.3 Å². The van der Waals surface area contributed by atoms with E-state index in [2.05, 4.69) is 15.5 Å². The number of ether oxygens (including phenoxy) is 1. The predicted molar refractivity (Wildman–Crippen MR) is 101 cm³/mol. The highest BCUT2D eigenvalue weighted by Gasteiger charge is 2.17. The molecule has 1 aliphatic rings. The minimum atomic E-state index is -0.206. The van der Waals surface area contributed by atoms with Crippen molar-refractivity contribution in [2.75, 3.05) is 11.9 Å². The first kappa shape index (κ1) is 17.4. The standard InChI is InChI=1S/C19H21N5O3/c1-23-19(26)16-7-3-2-6-15(16)17(22-23)9-18(25)21-13-10-20-24(11-13)12-14-5-4-8-27-14/h2-3,6-7,10-11,14H,4-5,8-9,12H2,1H3,(H,21,25). The Hall–Kier alpha value is -3.00. The minimum Gasteiger partial charge on any atom is -0.376 e. The van der Waals surface area contributed by atoms with Crippen molar-refractivity contribution < 1.29 is 9.53 Å². The molecule has 1 aliphatic heterocycles. The number of amides is 1. The second-order valence-corrected chi connectivity index (χ2v) is 6.73. The highest BCUT2D eigenvalue weighted by atomic mass is 16.5. The minimum absolute atomic E-state index is 0.0749. The lowest BCUT2D eigenvalue weighted by Gasteiger charge is -2.09. The topological polar surface area (TPSA) is 91.0 Å². The maximum absolute atomic E-state index is 12.5. The molecule has 1 unspecified atom stereocenters. The molecule has 8 nitrogen and oxygen atoms in total. The number of aromatic nitrogens is 4. The van der Waals surface area contributed by atoms with E-state index in [-0.39, 0.29) is 24.0 Å². The first-order valence-electron chi connectivity index (χ1n) is 8.99. The number of hydrogen-bond donors (Lipinski definition) is 1. The molecule has 1 saturated heterocycles. The van der Waals surface area contributed by atoms with E-state index < -0.39 is 0 Å². The maximum Gasteiger partial charge on any atom is 0.274 e. The molecule has 0 aliphatic carbocycles. The van der Waals surface area contributed by atoms with Crippen LogP contribution in [0.4, 0.5) is 5.69 Å². The molecule has 1 aromatic carbocycles. The molecular weight excluding hydrogens is 346 g/mol. The molecule has 3 heterocycles. The van der Waals surface area contributed by atoms with Crippen LogP contribution in [0.1, 0.15) is 18.5 Å². The Morgan fingerprint density at radius 1 is 1.33 bits per heavy atom. The number of anilines is 1. The summed E-state index contributed by atoms with van der Waals surface area (Å²) >= 11 is 0. The Morgan fingerprint density at radius 3 is 2.93 bits per heavy atom. The van der Waals surface area contributed by atoms with Gasteiger partial charge in [-0.1, -0.05) is 18.2 Å². The van der Waals surface area contributed by atoms with Gasteiger partial charge < -0.3 is 10.1 Å². The summed E-state index contributed by atoms with van der Waals surface area (Å²) in [6, 6.07) is 7.19. The van der Waals surface area contributed by atoms with Crippen molar-refractivity contribution in [1.29, 1.82) is 0 Å². The molecule has 1 fully saturated rings. The van der Waals surface area contributed by atoms with E-state index in [0.29, 0.717) is 28.7 Å². The van der Waals surface area contributed by atoms with Gasteiger partial charge in [0, 0.05) is 25.2 Å². The second kappa shape index (κ2) is 7.32. The second-order valence-electron chi connectivity index (χ2n) is 6.73. The number of fused-ring (bicyclic) bond motifs is 1. The lowest BCUT2D eigenvalue weighted by Crippen LogP contribution is -2.24. The Labute approximate surface area is 155 Å². The monoisotopic (exact) mass is 367 g/mol. The Morgan fingerprint density at radius 2 is 2.15 bits per heavy atom. The summed E-state index contributed by atoms with van der Waals surface area (Å²) in [6.45, 7) is 1.49. The average molecular weight is 367 g/mol. The van der Waals surface area contributed by atoms with Crippen molar-refractivity contribution in [1.82, 2.24) is 19.6 Å². The largest absolute Gasteiger partial charge is 0.376 e. The molecule has 8 heteroatoms. The van der Waals surface area contributed by atoms with Gasteiger partial charge in [0.2, 0.25) is 5.91 Å². The van der Waals surface area contributed by atoms with Crippen molar-refractivity contribution in [2.45, 2.75) is 31.9 Å². The molecule has 0 radical (unpaired) electrons. The lowest BCUT2D eigenvalue weighted by molar-refractivity contribution is -0.115. The third-order valence-electron chi connectivity index (χ3n) is 4.69. The van der Waals surface area contributed by atoms with Gasteiger partial charge in [-0.25, -0.2) is 4.68 Å². The highest BCUT2D eigenvalue weighted by molar-refractivity contribution is 5.95. The van der Waals surface area contributed by atoms with Crippen LogP contribution in [-0.4, -0.2) is 38.2 Å². The van der Waals surface area contributed by atoms with Crippen LogP contribution >= 0.6 is 0 Å². The van der Waals surface area contributed by atoms with Gasteiger partial charge >= 0.3 is 0 Å². The van der Waals surface area contributed by atoms with Crippen LogP contribution in [0.25, 0.3) is 10.8 Å². The summed E-state index contributed by atoms with van der Waals surface area (Å²) in [5.74, 6) is -0.206. The molecule has 0 spiro atoms. The van der Waals surface area contributed by atoms with Crippen molar-refractivity contribution >= 4 is 22.4 Å². The number of aryl methyl sites for hydroxylation is 1. The van der Waals surface area contributed by atoms with Gasteiger partial charge in [0.05, 0.1) is 42.0 Å². The van der Waals surface area contributed by atoms with Crippen LogP contribution in [-0.2, 0) is 29.5 Å². The zero-order chi connectivity index (χ0) is 18.8. The molecule has 3 aromatic rings. The number of benzene rings is 1. The quantitative estimate of drug-likeness (QED) is 0.738. The van der Waals surface area contributed by atoms with E-state index in [0.717, 1.165) is 19.4 Å². The van der Waals surface area contributed by atoms with Crippen LogP contribution in [0.5, 0.6) is 0 Å². The third kappa shape index (κ3) is 3.75. The van der Waals surface area contributed by atoms with E-state index in [4.69, 9.17) is 4.74 Å². The molecule has 2 aromatic heterocycles. The molecule has 0 saturated carbocycles. The van der Waals surface area contributed by atoms with E-state index in [1.165, 1.54) is 4.68 Å². The van der Waals surface area contributed by atoms with Gasteiger partial charge in [0.15, 0.2) is 0 Å². The maximum atomic E-state index is 12.5. The zero-order valence-electron chi connectivity index (χ0n) is 15.1. The fourth-order valence-corrected chi connectivity index (χ4v) is 3.39. The van der Waals surface area contributed by atoms with Gasteiger partial charge in [0.1, 0.15) is 0 Å². The van der Waals surface area contributed by atoms with Crippen molar-refractivity contribution in [3.63, 3.8) is 0 Å². The van der Waals surface area contributed by atoms with Crippen LogP contribution < -0.4 is 10.9 Å². The van der Waals surface area contributed by atoms with Crippen LogP contribution in [0.15, 0.2) is 41.5 Å². The number of rotatable bonds is 5. The van der Waals surface area contributed by atoms with E-state index in [1.807, 2.05) is 12.1 Å². The van der Waals surface area contributed by atoms with Crippen molar-refractivity contribution in [3.05, 3.63) is 52.7 Å². The molecular formula is C19H21N5O3. The normalized spacial score (nSPS) is 16.7. The van der Waals surface area contributed by atoms with Crippen molar-refractivity contribution in [3.8, 4) is 0 Å². The highest BCUT2D eigenvalue weighted by Crippen LogP contribution is 2.16. The fraction of sp³-hybridized carbons (Fsp3) is 0.368. The Balaban J connectivity index is 1.47. The third-order valence-corrected chi connectivity index (χ3v) is 4.69. The van der Waals surface area contributed by atoms with Crippen molar-refractivity contribution in [2.24, 2.45) is 7.05 Å². The van der Waals surface area contributed by atoms with Gasteiger partial charge in [-0.2, -0.15) is 10.2 Å². The molecule has 27 heavy (non-hydrogen) atoms. The number of hydrogen-bond acceptors (Lipinski definition) is 5. The summed E-state index contributed by atoms with van der Waals surface area (Å²) in [5, 5.41) is 12.6. The number of carbonyl (C=O) groups excluding carboxylic acids is 1. The SMILES string of the molecule is Cn1nc(CC(=O)Nc2cnn(CC3CCCO3)c2)c2ccccc2c1=O. The molecule has 0 bridgehead atoms. The van der Waals surface area contributed by atoms with E-state index in [9.17, 15) is 9.59 Å². The first-order valence-corrected chi connectivity index (χ1v) is 8.99. The summed E-state index contributed by atoms with van der Waals surface area (Å²) < 4.78 is 8.66. The van der Waals surface area contributed by atoms with Crippen LogP contribution in [0.2, 0.25) is 0 Å². The average Bonchev–Trinajstić information content (AvgIpc) is 3.32. The first-order chi connectivity index (χ1) is 13.1. The Kier molecular flexibility index (Phi) is 4.72. The van der Waals surface area contributed by atoms with Crippen LogP contribution in [0, 0.1) is 0 Å². The van der Waals surface area contributed by atoms with Gasteiger partial charge in [-0.3, -0.25) is 14.3 Å². The molecule has 140 valence electrons. The number of nitrogens with one attached hydrogen (secondary N) is 1. The van der Waals surface area contributed by atoms with Gasteiger partial charge in [0.25, 0.3) is 5.56 Å². The summed E-state index contributed by atoms with van der Waals surface area (Å²) in [4.78, 5) is 24.7.